The lowest BCUT2D eigenvalue weighted by Gasteiger charge is -2.17. The quantitative estimate of drug-likeness (QED) is 0.859. The Morgan fingerprint density at radius 2 is 1.88 bits per heavy atom. The van der Waals surface area contributed by atoms with E-state index in [0.717, 1.165) is 11.3 Å². The van der Waals surface area contributed by atoms with Gasteiger partial charge in [-0.3, -0.25) is 4.79 Å². The number of aromatic carboxylic acids is 1. The van der Waals surface area contributed by atoms with Crippen molar-refractivity contribution in [2.24, 2.45) is 5.92 Å². The van der Waals surface area contributed by atoms with E-state index in [1.807, 2.05) is 35.1 Å². The van der Waals surface area contributed by atoms with Crippen LogP contribution in [-0.2, 0) is 11.3 Å². The lowest BCUT2D eigenvalue weighted by molar-refractivity contribution is -0.456. The highest BCUT2D eigenvalue weighted by molar-refractivity contribution is 6.09. The van der Waals surface area contributed by atoms with Crippen LogP contribution in [0.3, 0.4) is 0 Å². The first-order valence-electron chi connectivity index (χ1n) is 7.66. The first kappa shape index (κ1) is 16.1. The lowest BCUT2D eigenvalue weighted by Crippen LogP contribution is -2.30. The fourth-order valence-electron chi connectivity index (χ4n) is 2.88. The van der Waals surface area contributed by atoms with Gasteiger partial charge < -0.3 is 9.84 Å². The second kappa shape index (κ2) is 6.76. The summed E-state index contributed by atoms with van der Waals surface area (Å²) < 4.78 is 7.19. The third kappa shape index (κ3) is 3.12. The molecular weight excluding hydrogens is 306 g/mol. The number of benzene rings is 2. The Morgan fingerprint density at radius 1 is 1.17 bits per heavy atom. The topological polar surface area (TPSA) is 66.6 Å². The van der Waals surface area contributed by atoms with E-state index < -0.39 is 5.97 Å². The van der Waals surface area contributed by atoms with E-state index in [2.05, 4.69) is 0 Å². The Bertz CT molecular complexity index is 808. The van der Waals surface area contributed by atoms with Crippen LogP contribution in [-0.4, -0.2) is 41.4 Å². The number of para-hydroxylation sites is 1. The maximum atomic E-state index is 12.5. The number of methoxy groups -OCH3 is 1. The number of nitrogens with zero attached hydrogens (tertiary/aromatic N) is 1. The molecule has 0 spiro atoms. The first-order chi connectivity index (χ1) is 11.6. The minimum atomic E-state index is -0.942. The van der Waals surface area contributed by atoms with Gasteiger partial charge in [0, 0.05) is 18.7 Å². The molecule has 0 saturated heterocycles. The van der Waals surface area contributed by atoms with Crippen molar-refractivity contribution in [2.45, 2.75) is 6.54 Å². The third-order valence-corrected chi connectivity index (χ3v) is 4.08. The van der Waals surface area contributed by atoms with E-state index in [1.54, 1.807) is 31.4 Å². The van der Waals surface area contributed by atoms with E-state index in [1.165, 1.54) is 0 Å². The van der Waals surface area contributed by atoms with Gasteiger partial charge in [0.25, 0.3) is 0 Å². The van der Waals surface area contributed by atoms with Crippen LogP contribution in [0.15, 0.2) is 48.5 Å². The molecule has 3 rings (SSSR count). The zero-order chi connectivity index (χ0) is 17.1. The molecule has 0 aliphatic carbocycles. The standard InChI is InChI=1S/C19H17NO4/c1-24-12-15-11-20(17-5-3-2-4-16(17)18(15)21)10-13-6-8-14(9-7-13)19(22)23/h2-9,11,15H,10,12H2,1H3/p+1. The molecule has 1 unspecified atom stereocenters. The molecule has 5 heteroatoms. The average Bonchev–Trinajstić information content (AvgIpc) is 2.59. The van der Waals surface area contributed by atoms with Crippen molar-refractivity contribution in [3.8, 4) is 0 Å². The molecule has 5 nitrogen and oxygen atoms in total. The number of carboxylic acid groups (broad SMARTS) is 1. The van der Waals surface area contributed by atoms with Gasteiger partial charge in [0.15, 0.2) is 18.5 Å². The Kier molecular flexibility index (Phi) is 4.53. The molecule has 24 heavy (non-hydrogen) atoms. The van der Waals surface area contributed by atoms with Gasteiger partial charge in [-0.05, 0) is 18.2 Å². The van der Waals surface area contributed by atoms with Crippen LogP contribution in [0.1, 0.15) is 26.3 Å². The minimum Gasteiger partial charge on any atom is -0.478 e. The average molecular weight is 324 g/mol. The Labute approximate surface area is 139 Å². The molecule has 0 amide bonds. The van der Waals surface area contributed by atoms with Crippen LogP contribution in [0, 0.1) is 5.92 Å². The van der Waals surface area contributed by atoms with Gasteiger partial charge in [-0.25, -0.2) is 4.79 Å². The van der Waals surface area contributed by atoms with E-state index in [-0.39, 0.29) is 17.3 Å². The molecule has 1 atom stereocenters. The predicted molar refractivity (Wildman–Crippen MR) is 89.2 cm³/mol. The smallest absolute Gasteiger partial charge is 0.335 e. The molecule has 1 aliphatic heterocycles. The van der Waals surface area contributed by atoms with Crippen LogP contribution in [0.25, 0.3) is 0 Å². The lowest BCUT2D eigenvalue weighted by atomic mass is 9.94. The Hall–Kier alpha value is -2.79. The predicted octanol–water partition coefficient (Wildman–Crippen LogP) is 2.76. The highest BCUT2D eigenvalue weighted by atomic mass is 16.5. The summed E-state index contributed by atoms with van der Waals surface area (Å²) in [7, 11) is 1.58. The maximum absolute atomic E-state index is 12.5. The number of rotatable bonds is 5. The second-order valence-electron chi connectivity index (χ2n) is 5.72. The SMILES string of the molecule is COCC1C=[N+](Cc2ccc(C(=O)O)cc2)c2ccccc2C1=O. The van der Waals surface area contributed by atoms with Crippen LogP contribution >= 0.6 is 0 Å². The van der Waals surface area contributed by atoms with Crippen molar-refractivity contribution < 1.29 is 24.0 Å². The van der Waals surface area contributed by atoms with Crippen molar-refractivity contribution >= 4 is 23.7 Å². The van der Waals surface area contributed by atoms with E-state index in [9.17, 15) is 9.59 Å². The molecule has 1 aliphatic rings. The molecule has 1 N–H and O–H groups in total. The molecule has 0 bridgehead atoms. The Morgan fingerprint density at radius 3 is 2.54 bits per heavy atom. The molecule has 2 aromatic rings. The fraction of sp³-hybridized carbons (Fsp3) is 0.211. The summed E-state index contributed by atoms with van der Waals surface area (Å²) in [6.07, 6.45) is 1.89. The van der Waals surface area contributed by atoms with E-state index >= 15 is 0 Å². The summed E-state index contributed by atoms with van der Waals surface area (Å²) in [5.41, 5.74) is 2.77. The zero-order valence-electron chi connectivity index (χ0n) is 13.3. The summed E-state index contributed by atoms with van der Waals surface area (Å²) >= 11 is 0. The highest BCUT2D eigenvalue weighted by Crippen LogP contribution is 2.27. The van der Waals surface area contributed by atoms with Crippen molar-refractivity contribution in [2.75, 3.05) is 13.7 Å². The normalized spacial score (nSPS) is 16.5. The minimum absolute atomic E-state index is 0.0601. The summed E-state index contributed by atoms with van der Waals surface area (Å²) in [4.78, 5) is 23.5. The van der Waals surface area contributed by atoms with E-state index in [0.29, 0.717) is 18.7 Å². The maximum Gasteiger partial charge on any atom is 0.335 e. The van der Waals surface area contributed by atoms with E-state index in [4.69, 9.17) is 9.84 Å². The monoisotopic (exact) mass is 324 g/mol. The molecule has 0 aromatic heterocycles. The van der Waals surface area contributed by atoms with Crippen molar-refractivity contribution in [3.63, 3.8) is 0 Å². The van der Waals surface area contributed by atoms with Crippen molar-refractivity contribution in [1.82, 2.24) is 0 Å². The summed E-state index contributed by atoms with van der Waals surface area (Å²) in [6.45, 7) is 0.895. The number of Topliss-reactive ketones (excluding diaryl/α,β-unsaturated/α-hetero) is 1. The van der Waals surface area contributed by atoms with Gasteiger partial charge in [0.2, 0.25) is 5.69 Å². The molecule has 0 saturated carbocycles. The Balaban J connectivity index is 1.94. The number of ether oxygens (including phenoxy) is 1. The number of carbonyl (C=O) groups is 2. The van der Waals surface area contributed by atoms with Crippen LogP contribution in [0.5, 0.6) is 0 Å². The molecule has 1 heterocycles. The first-order valence-corrected chi connectivity index (χ1v) is 7.66. The molecule has 0 radical (unpaired) electrons. The van der Waals surface area contributed by atoms with Crippen LogP contribution in [0.2, 0.25) is 0 Å². The molecular formula is C19H18NO4+. The summed E-state index contributed by atoms with van der Waals surface area (Å²) in [5.74, 6) is -1.20. The number of carboxylic acids is 1. The van der Waals surface area contributed by atoms with Crippen LogP contribution < -0.4 is 0 Å². The second-order valence-corrected chi connectivity index (χ2v) is 5.72. The zero-order valence-corrected chi connectivity index (χ0v) is 13.3. The van der Waals surface area contributed by atoms with Gasteiger partial charge in [-0.15, -0.1) is 0 Å². The number of hydrogen-bond donors (Lipinski definition) is 1. The number of carbonyl (C=O) groups excluding carboxylic acids is 1. The fourth-order valence-corrected chi connectivity index (χ4v) is 2.88. The number of hydrogen-bond acceptors (Lipinski definition) is 3. The number of ketones is 1. The summed E-state index contributed by atoms with van der Waals surface area (Å²) in [6, 6.07) is 14.3. The molecule has 0 fully saturated rings. The van der Waals surface area contributed by atoms with Gasteiger partial charge in [-0.1, -0.05) is 24.3 Å². The largest absolute Gasteiger partial charge is 0.478 e. The van der Waals surface area contributed by atoms with Gasteiger partial charge >= 0.3 is 5.97 Å². The van der Waals surface area contributed by atoms with Gasteiger partial charge in [0.1, 0.15) is 5.92 Å². The van der Waals surface area contributed by atoms with Crippen molar-refractivity contribution in [3.05, 3.63) is 65.2 Å². The third-order valence-electron chi connectivity index (χ3n) is 4.08. The van der Waals surface area contributed by atoms with Gasteiger partial charge in [-0.2, -0.15) is 4.58 Å². The summed E-state index contributed by atoms with van der Waals surface area (Å²) in [5, 5.41) is 8.98. The van der Waals surface area contributed by atoms with Crippen molar-refractivity contribution in [1.29, 1.82) is 0 Å². The molecule has 2 aromatic carbocycles. The van der Waals surface area contributed by atoms with Crippen LogP contribution in [0.4, 0.5) is 5.69 Å². The van der Waals surface area contributed by atoms with Gasteiger partial charge in [0.05, 0.1) is 17.7 Å². The highest BCUT2D eigenvalue weighted by Gasteiger charge is 2.33. The number of fused-ring (bicyclic) bond motifs is 1. The molecule has 122 valence electrons.